The smallest absolute Gasteiger partial charge is 0.298 e. The van der Waals surface area contributed by atoms with Crippen LogP contribution in [0.15, 0.2) is 98.2 Å². The van der Waals surface area contributed by atoms with Gasteiger partial charge in [-0.15, -0.1) is 0 Å². The maximum Gasteiger partial charge on any atom is 0.298 e. The molecule has 0 fully saturated rings. The van der Waals surface area contributed by atoms with Crippen LogP contribution >= 0.6 is 0 Å². The van der Waals surface area contributed by atoms with Gasteiger partial charge in [0.05, 0.1) is 26.5 Å². The van der Waals surface area contributed by atoms with Crippen molar-refractivity contribution in [3.05, 3.63) is 89.7 Å². The number of rotatable bonds is 12. The van der Waals surface area contributed by atoms with Gasteiger partial charge in [-0.1, -0.05) is 45.0 Å². The number of hydrogen-bond acceptors (Lipinski definition) is 8. The zero-order valence-electron chi connectivity index (χ0n) is 25.3. The first-order chi connectivity index (χ1) is 21.0. The molecule has 2 atom stereocenters. The molecule has 3 aromatic carbocycles. The molecule has 0 spiro atoms. The molecule has 4 rings (SSSR count). The average Bonchev–Trinajstić information content (AvgIpc) is 3.00. The lowest BCUT2D eigenvalue weighted by atomic mass is 9.96. The predicted octanol–water partition coefficient (Wildman–Crippen LogP) is 7.19. The van der Waals surface area contributed by atoms with Crippen molar-refractivity contribution >= 4 is 35.6 Å². The van der Waals surface area contributed by atoms with E-state index in [2.05, 4.69) is 6.92 Å². The van der Waals surface area contributed by atoms with Crippen molar-refractivity contribution in [2.45, 2.75) is 85.0 Å². The lowest BCUT2D eigenvalue weighted by molar-refractivity contribution is 0.121. The van der Waals surface area contributed by atoms with E-state index >= 15 is 0 Å². The minimum absolute atomic E-state index is 0.142. The molecule has 2 N–H and O–H groups in total. The Morgan fingerprint density at radius 1 is 0.733 bits per heavy atom. The standard InChI is InChI=1S/C32H36O10S3/c1-5-21(3)29-17-15-27(19-31(29)44(35,36)37)43(33,34)28-16-18-30(32(20-28)45(38,39)40)42-26-13-9-24(10-14-26)23-7-11-25(12-8-23)41-22(4)6-2/h7,9-11,13-22H,5-6,8,12H2,1-4H3,(H,35,36,37)(H,38,39,40). The number of allylic oxidation sites excluding steroid dienone is 4. The number of benzene rings is 3. The van der Waals surface area contributed by atoms with Crippen LogP contribution in [0.3, 0.4) is 0 Å². The van der Waals surface area contributed by atoms with Gasteiger partial charge < -0.3 is 9.47 Å². The summed E-state index contributed by atoms with van der Waals surface area (Å²) in [7, 11) is -14.2. The van der Waals surface area contributed by atoms with Crippen LogP contribution in [0.1, 0.15) is 70.4 Å². The number of sulfone groups is 1. The largest absolute Gasteiger partial charge is 0.495 e. The quantitative estimate of drug-likeness (QED) is 0.188. The molecule has 2 unspecified atom stereocenters. The molecular formula is C32H36O10S3. The first-order valence-corrected chi connectivity index (χ1v) is 18.7. The molecule has 10 nitrogen and oxygen atoms in total. The van der Waals surface area contributed by atoms with Crippen molar-refractivity contribution in [2.75, 3.05) is 0 Å². The van der Waals surface area contributed by atoms with E-state index < -0.39 is 49.7 Å². The molecule has 1 aliphatic rings. The third kappa shape index (κ3) is 8.03. The molecular weight excluding hydrogens is 641 g/mol. The summed E-state index contributed by atoms with van der Waals surface area (Å²) < 4.78 is 107. The van der Waals surface area contributed by atoms with E-state index in [4.69, 9.17) is 9.47 Å². The van der Waals surface area contributed by atoms with Gasteiger partial charge in [0, 0.05) is 6.42 Å². The highest BCUT2D eigenvalue weighted by Crippen LogP contribution is 2.36. The summed E-state index contributed by atoms with van der Waals surface area (Å²) in [4.78, 5) is -2.38. The van der Waals surface area contributed by atoms with Crippen LogP contribution in [0.2, 0.25) is 0 Å². The Morgan fingerprint density at radius 3 is 1.87 bits per heavy atom. The Bertz CT molecular complexity index is 1960. The van der Waals surface area contributed by atoms with Crippen molar-refractivity contribution in [3.63, 3.8) is 0 Å². The highest BCUT2D eigenvalue weighted by Gasteiger charge is 2.28. The topological polar surface area (TPSA) is 161 Å². The van der Waals surface area contributed by atoms with Gasteiger partial charge in [0.15, 0.2) is 0 Å². The maximum atomic E-state index is 13.5. The third-order valence-corrected chi connectivity index (χ3v) is 11.2. The van der Waals surface area contributed by atoms with Crippen molar-refractivity contribution < 1.29 is 43.8 Å². The van der Waals surface area contributed by atoms with Gasteiger partial charge in [-0.3, -0.25) is 9.11 Å². The zero-order chi connectivity index (χ0) is 33.2. The summed E-state index contributed by atoms with van der Waals surface area (Å²) in [6.07, 6.45) is 7.07. The SMILES string of the molecule is CCC(C)OC1=CC=C(c2ccc(Oc3ccc(S(=O)(=O)c4ccc(C(C)CC)c(S(=O)(=O)O)c4)cc3S(=O)(=O)O)cc2)CC1. The van der Waals surface area contributed by atoms with Crippen LogP contribution < -0.4 is 4.74 Å². The first-order valence-electron chi connectivity index (χ1n) is 14.4. The van der Waals surface area contributed by atoms with Crippen molar-refractivity contribution in [1.29, 1.82) is 0 Å². The average molecular weight is 677 g/mol. The van der Waals surface area contributed by atoms with Gasteiger partial charge in [-0.2, -0.15) is 16.8 Å². The van der Waals surface area contributed by atoms with Gasteiger partial charge in [-0.25, -0.2) is 8.42 Å². The zero-order valence-corrected chi connectivity index (χ0v) is 27.7. The van der Waals surface area contributed by atoms with Crippen LogP contribution in [0.25, 0.3) is 5.57 Å². The monoisotopic (exact) mass is 676 g/mol. The Balaban J connectivity index is 1.64. The fourth-order valence-electron chi connectivity index (χ4n) is 4.77. The second kappa shape index (κ2) is 13.5. The molecule has 45 heavy (non-hydrogen) atoms. The van der Waals surface area contributed by atoms with E-state index in [9.17, 15) is 34.4 Å². The van der Waals surface area contributed by atoms with Crippen LogP contribution in [0.4, 0.5) is 0 Å². The molecule has 0 amide bonds. The molecule has 13 heteroatoms. The molecule has 0 heterocycles. The predicted molar refractivity (Wildman–Crippen MR) is 169 cm³/mol. The van der Waals surface area contributed by atoms with Gasteiger partial charge in [0.1, 0.15) is 16.4 Å². The Labute approximate surface area is 264 Å². The Morgan fingerprint density at radius 2 is 1.33 bits per heavy atom. The van der Waals surface area contributed by atoms with Crippen LogP contribution in [0, 0.1) is 0 Å². The normalized spacial score (nSPS) is 15.5. The lowest BCUT2D eigenvalue weighted by Crippen LogP contribution is -2.10. The molecule has 0 saturated heterocycles. The van der Waals surface area contributed by atoms with Gasteiger partial charge in [-0.05, 0) is 97.3 Å². The molecule has 1 aliphatic carbocycles. The highest BCUT2D eigenvalue weighted by molar-refractivity contribution is 7.91. The number of ether oxygens (including phenoxy) is 2. The van der Waals surface area contributed by atoms with Crippen molar-refractivity contribution in [2.24, 2.45) is 0 Å². The van der Waals surface area contributed by atoms with E-state index in [1.54, 1.807) is 31.2 Å². The fourth-order valence-corrected chi connectivity index (χ4v) is 7.72. The summed E-state index contributed by atoms with van der Waals surface area (Å²) in [5.41, 5.74) is 2.26. The molecule has 0 saturated carbocycles. The second-order valence-corrected chi connectivity index (χ2v) is 15.6. The number of hydrogen-bond donors (Lipinski definition) is 2. The Hall–Kier alpha value is -3.49. The molecule has 0 aliphatic heterocycles. The van der Waals surface area contributed by atoms with Crippen LogP contribution in [0.5, 0.6) is 11.5 Å². The summed E-state index contributed by atoms with van der Waals surface area (Å²) in [6, 6.07) is 13.1. The van der Waals surface area contributed by atoms with Gasteiger partial charge in [0.2, 0.25) is 9.84 Å². The summed E-state index contributed by atoms with van der Waals surface area (Å²) in [5, 5.41) is 0. The highest BCUT2D eigenvalue weighted by atomic mass is 32.2. The van der Waals surface area contributed by atoms with Crippen molar-refractivity contribution in [3.8, 4) is 11.5 Å². The summed E-state index contributed by atoms with van der Waals surface area (Å²) in [5.74, 6) is 0.554. The lowest BCUT2D eigenvalue weighted by Gasteiger charge is -2.19. The summed E-state index contributed by atoms with van der Waals surface area (Å²) in [6.45, 7) is 7.62. The summed E-state index contributed by atoms with van der Waals surface area (Å²) >= 11 is 0. The molecule has 0 aromatic heterocycles. The minimum Gasteiger partial charge on any atom is -0.495 e. The van der Waals surface area contributed by atoms with E-state index in [1.807, 2.05) is 26.0 Å². The molecule has 0 bridgehead atoms. The van der Waals surface area contributed by atoms with E-state index in [0.717, 1.165) is 60.4 Å². The van der Waals surface area contributed by atoms with E-state index in [1.165, 1.54) is 12.1 Å². The molecule has 3 aromatic rings. The fraction of sp³-hybridized carbons (Fsp3) is 0.312. The Kier molecular flexibility index (Phi) is 10.3. The molecule has 242 valence electrons. The molecule has 0 radical (unpaired) electrons. The third-order valence-electron chi connectivity index (χ3n) is 7.71. The van der Waals surface area contributed by atoms with Crippen molar-refractivity contribution in [1.82, 2.24) is 0 Å². The van der Waals surface area contributed by atoms with Crippen LogP contribution in [-0.2, 0) is 34.8 Å². The van der Waals surface area contributed by atoms with Gasteiger partial charge in [0.25, 0.3) is 20.2 Å². The minimum atomic E-state index is -4.97. The van der Waals surface area contributed by atoms with E-state index in [-0.39, 0.29) is 29.1 Å². The maximum absolute atomic E-state index is 13.5. The van der Waals surface area contributed by atoms with Crippen LogP contribution in [-0.4, -0.2) is 40.5 Å². The van der Waals surface area contributed by atoms with E-state index in [0.29, 0.717) is 6.42 Å². The van der Waals surface area contributed by atoms with Gasteiger partial charge >= 0.3 is 0 Å². The second-order valence-electron chi connectivity index (χ2n) is 10.9. The first kappa shape index (κ1) is 34.4.